The van der Waals surface area contributed by atoms with Gasteiger partial charge in [0.15, 0.2) is 17.3 Å². The van der Waals surface area contributed by atoms with E-state index < -0.39 is 0 Å². The van der Waals surface area contributed by atoms with Crippen LogP contribution in [0, 0.1) is 0 Å². The number of nitrogens with one attached hydrogen (secondary N) is 1. The van der Waals surface area contributed by atoms with Gasteiger partial charge in [0.05, 0.1) is 6.26 Å². The minimum Gasteiger partial charge on any atom is -0.459 e. The molecule has 5 rings (SSSR count). The Balaban J connectivity index is 1.29. The van der Waals surface area contributed by atoms with E-state index in [4.69, 9.17) is 13.9 Å². The molecule has 30 heavy (non-hydrogen) atoms. The number of furan rings is 1. The van der Waals surface area contributed by atoms with Crippen molar-refractivity contribution in [2.45, 2.75) is 6.42 Å². The maximum atomic E-state index is 12.7. The highest BCUT2D eigenvalue weighted by atomic mass is 16.7. The summed E-state index contributed by atoms with van der Waals surface area (Å²) in [5.41, 5.74) is 3.30. The molecule has 3 heterocycles. The summed E-state index contributed by atoms with van der Waals surface area (Å²) in [6.07, 6.45) is 5.40. The molecule has 2 aliphatic heterocycles. The van der Waals surface area contributed by atoms with Gasteiger partial charge in [0.2, 0.25) is 12.7 Å². The molecule has 1 aromatic heterocycles. The second-order valence-corrected chi connectivity index (χ2v) is 6.96. The number of benzene rings is 2. The minimum absolute atomic E-state index is 0.190. The van der Waals surface area contributed by atoms with E-state index in [1.54, 1.807) is 23.1 Å². The fourth-order valence-corrected chi connectivity index (χ4v) is 3.57. The number of carbonyl (C=O) groups excluding carboxylic acids is 2. The van der Waals surface area contributed by atoms with Gasteiger partial charge in [-0.25, -0.2) is 0 Å². The summed E-state index contributed by atoms with van der Waals surface area (Å²) in [7, 11) is 0. The average Bonchev–Trinajstić information content (AvgIpc) is 3.51. The van der Waals surface area contributed by atoms with Gasteiger partial charge in [-0.3, -0.25) is 9.59 Å². The largest absolute Gasteiger partial charge is 0.459 e. The molecular weight excluding hydrogens is 384 g/mol. The molecule has 0 bridgehead atoms. The lowest BCUT2D eigenvalue weighted by Crippen LogP contribution is -2.28. The van der Waals surface area contributed by atoms with Crippen LogP contribution in [0.15, 0.2) is 65.3 Å². The van der Waals surface area contributed by atoms with Gasteiger partial charge in [0.25, 0.3) is 5.91 Å². The highest BCUT2D eigenvalue weighted by molar-refractivity contribution is 6.06. The molecule has 0 saturated carbocycles. The Labute approximate surface area is 172 Å². The zero-order valence-electron chi connectivity index (χ0n) is 16.0. The normalized spacial score (nSPS) is 14.2. The Morgan fingerprint density at radius 1 is 1.03 bits per heavy atom. The smallest absolute Gasteiger partial charge is 0.293 e. The second kappa shape index (κ2) is 7.44. The van der Waals surface area contributed by atoms with Gasteiger partial charge in [-0.2, -0.15) is 0 Å². The summed E-state index contributed by atoms with van der Waals surface area (Å²) in [6.45, 7) is 0.789. The Kier molecular flexibility index (Phi) is 4.48. The first-order chi connectivity index (χ1) is 14.7. The van der Waals surface area contributed by atoms with Crippen LogP contribution in [0.25, 0.3) is 6.08 Å². The Bertz CT molecular complexity index is 1150. The fourth-order valence-electron chi connectivity index (χ4n) is 3.57. The molecule has 7 nitrogen and oxygen atoms in total. The van der Waals surface area contributed by atoms with E-state index in [-0.39, 0.29) is 18.6 Å². The van der Waals surface area contributed by atoms with E-state index in [0.29, 0.717) is 29.5 Å². The molecule has 2 aliphatic rings. The molecule has 0 radical (unpaired) electrons. The van der Waals surface area contributed by atoms with Crippen LogP contribution < -0.4 is 19.7 Å². The van der Waals surface area contributed by atoms with Crippen LogP contribution in [0.4, 0.5) is 11.4 Å². The molecule has 2 amide bonds. The maximum absolute atomic E-state index is 12.7. The van der Waals surface area contributed by atoms with Gasteiger partial charge in [-0.1, -0.05) is 12.1 Å². The number of hydrogen-bond donors (Lipinski definition) is 1. The van der Waals surface area contributed by atoms with Gasteiger partial charge >= 0.3 is 0 Å². The zero-order valence-corrected chi connectivity index (χ0v) is 16.0. The number of anilines is 2. The number of rotatable bonds is 4. The minimum atomic E-state index is -0.269. The van der Waals surface area contributed by atoms with Gasteiger partial charge in [0, 0.05) is 24.0 Å². The van der Waals surface area contributed by atoms with Gasteiger partial charge in [-0.15, -0.1) is 0 Å². The first kappa shape index (κ1) is 18.1. The van der Waals surface area contributed by atoms with Crippen molar-refractivity contribution in [3.05, 3.63) is 77.8 Å². The van der Waals surface area contributed by atoms with Crippen LogP contribution in [0.2, 0.25) is 0 Å². The van der Waals surface area contributed by atoms with Crippen molar-refractivity contribution < 1.29 is 23.5 Å². The number of hydrogen-bond acceptors (Lipinski definition) is 5. The third-order valence-corrected chi connectivity index (χ3v) is 5.05. The van der Waals surface area contributed by atoms with Crippen LogP contribution in [-0.4, -0.2) is 25.2 Å². The lowest BCUT2D eigenvalue weighted by Gasteiger charge is -2.16. The Hall–Kier alpha value is -4.00. The number of fused-ring (bicyclic) bond motifs is 2. The van der Waals surface area contributed by atoms with Crippen LogP contribution in [-0.2, 0) is 11.2 Å². The van der Waals surface area contributed by atoms with Gasteiger partial charge in [0.1, 0.15) is 0 Å². The van der Waals surface area contributed by atoms with E-state index in [1.807, 2.05) is 36.4 Å². The van der Waals surface area contributed by atoms with E-state index in [1.165, 1.54) is 12.3 Å². The van der Waals surface area contributed by atoms with Gasteiger partial charge < -0.3 is 24.1 Å². The first-order valence-corrected chi connectivity index (χ1v) is 9.54. The van der Waals surface area contributed by atoms with Gasteiger partial charge in [-0.05, 0) is 60.0 Å². The fraction of sp³-hybridized carbons (Fsp3) is 0.130. The molecule has 1 N–H and O–H groups in total. The molecule has 0 saturated heterocycles. The molecule has 3 aromatic rings. The molecule has 0 fully saturated rings. The van der Waals surface area contributed by atoms with E-state index in [9.17, 15) is 9.59 Å². The predicted molar refractivity (Wildman–Crippen MR) is 111 cm³/mol. The SMILES string of the molecule is O=C(C=Cc1ccc2c(c1)OCO2)Nc1ccc2c(c1)N(C(=O)c1ccco1)CC2. The summed E-state index contributed by atoms with van der Waals surface area (Å²) in [6, 6.07) is 14.4. The topological polar surface area (TPSA) is 81.0 Å². The molecule has 0 atom stereocenters. The second-order valence-electron chi connectivity index (χ2n) is 6.96. The Morgan fingerprint density at radius 2 is 1.93 bits per heavy atom. The van der Waals surface area contributed by atoms with E-state index in [0.717, 1.165) is 23.2 Å². The Morgan fingerprint density at radius 3 is 2.80 bits per heavy atom. The number of carbonyl (C=O) groups is 2. The summed E-state index contributed by atoms with van der Waals surface area (Å²) in [5, 5.41) is 2.85. The molecule has 2 aromatic carbocycles. The molecular formula is C23H18N2O5. The first-order valence-electron chi connectivity index (χ1n) is 9.54. The highest BCUT2D eigenvalue weighted by Crippen LogP contribution is 2.33. The standard InChI is InChI=1S/C23H18N2O5/c26-22(8-4-15-3-7-19-21(12-15)30-14-29-19)24-17-6-5-16-9-10-25(18(16)13-17)23(27)20-2-1-11-28-20/h1-8,11-13H,9-10,14H2,(H,24,26). The van der Waals surface area contributed by atoms with E-state index in [2.05, 4.69) is 5.32 Å². The van der Waals surface area contributed by atoms with E-state index >= 15 is 0 Å². The lowest BCUT2D eigenvalue weighted by atomic mass is 10.1. The third-order valence-electron chi connectivity index (χ3n) is 5.05. The number of nitrogens with zero attached hydrogens (tertiary/aromatic N) is 1. The molecule has 0 spiro atoms. The average molecular weight is 402 g/mol. The van der Waals surface area contributed by atoms with Crippen LogP contribution in [0.3, 0.4) is 0 Å². The molecule has 7 heteroatoms. The monoisotopic (exact) mass is 402 g/mol. The van der Waals surface area contributed by atoms with Crippen molar-refractivity contribution >= 4 is 29.3 Å². The molecule has 0 unspecified atom stereocenters. The van der Waals surface area contributed by atoms with Crippen molar-refractivity contribution in [2.24, 2.45) is 0 Å². The van der Waals surface area contributed by atoms with Crippen molar-refractivity contribution in [3.8, 4) is 11.5 Å². The van der Waals surface area contributed by atoms with Crippen LogP contribution in [0.1, 0.15) is 21.7 Å². The third kappa shape index (κ3) is 3.41. The van der Waals surface area contributed by atoms with Crippen molar-refractivity contribution in [1.82, 2.24) is 0 Å². The van der Waals surface area contributed by atoms with Crippen LogP contribution in [0.5, 0.6) is 11.5 Å². The summed E-state index contributed by atoms with van der Waals surface area (Å²) in [5.74, 6) is 1.20. The summed E-state index contributed by atoms with van der Waals surface area (Å²) >= 11 is 0. The van der Waals surface area contributed by atoms with Crippen molar-refractivity contribution in [1.29, 1.82) is 0 Å². The highest BCUT2D eigenvalue weighted by Gasteiger charge is 2.27. The number of ether oxygens (including phenoxy) is 2. The zero-order chi connectivity index (χ0) is 20.5. The quantitative estimate of drug-likeness (QED) is 0.670. The number of amides is 2. The van der Waals surface area contributed by atoms with Crippen molar-refractivity contribution in [3.63, 3.8) is 0 Å². The predicted octanol–water partition coefficient (Wildman–Crippen LogP) is 3.86. The lowest BCUT2D eigenvalue weighted by molar-refractivity contribution is -0.111. The van der Waals surface area contributed by atoms with Crippen LogP contribution >= 0.6 is 0 Å². The maximum Gasteiger partial charge on any atom is 0.293 e. The van der Waals surface area contributed by atoms with Crippen molar-refractivity contribution in [2.75, 3.05) is 23.6 Å². The summed E-state index contributed by atoms with van der Waals surface area (Å²) in [4.78, 5) is 26.7. The molecule has 0 aliphatic carbocycles. The summed E-state index contributed by atoms with van der Waals surface area (Å²) < 4.78 is 15.9. The molecule has 150 valence electrons.